The highest BCUT2D eigenvalue weighted by molar-refractivity contribution is 6.10. The van der Waals surface area contributed by atoms with Crippen LogP contribution in [0.5, 0.6) is 0 Å². The summed E-state index contributed by atoms with van der Waals surface area (Å²) in [5, 5.41) is 19.2. The number of benzene rings is 1. The van der Waals surface area contributed by atoms with Crippen LogP contribution in [0, 0.1) is 5.92 Å². The molecule has 1 aliphatic carbocycles. The van der Waals surface area contributed by atoms with E-state index in [2.05, 4.69) is 66.0 Å². The maximum Gasteiger partial charge on any atom is 0.292 e. The summed E-state index contributed by atoms with van der Waals surface area (Å²) in [5.74, 6) is -3.45. The van der Waals surface area contributed by atoms with Crippen LogP contribution in [0.25, 0.3) is 6.08 Å². The maximum absolute atomic E-state index is 13.7. The van der Waals surface area contributed by atoms with Crippen LogP contribution < -0.4 is 37.2 Å². The quantitative estimate of drug-likeness (QED) is 0.0432. The Bertz CT molecular complexity index is 4170. The Balaban J connectivity index is 0.657. The minimum absolute atomic E-state index is 0.00142. The Kier molecular flexibility index (Phi) is 15.7. The van der Waals surface area contributed by atoms with Gasteiger partial charge in [-0.1, -0.05) is 31.2 Å². The van der Waals surface area contributed by atoms with Crippen LogP contribution in [0.1, 0.15) is 112 Å². The van der Waals surface area contributed by atoms with Crippen molar-refractivity contribution in [3.63, 3.8) is 0 Å². The Hall–Kier alpha value is -11.1. The highest BCUT2D eigenvalue weighted by Gasteiger charge is 2.51. The zero-order valence-corrected chi connectivity index (χ0v) is 48.5. The number of fused-ring (bicyclic) bond motifs is 3. The molecule has 0 saturated carbocycles. The van der Waals surface area contributed by atoms with Crippen molar-refractivity contribution in [3.8, 4) is 0 Å². The lowest BCUT2D eigenvalue weighted by atomic mass is 9.68. The van der Waals surface area contributed by atoms with E-state index in [-0.39, 0.29) is 83.2 Å². The van der Waals surface area contributed by atoms with E-state index in [9.17, 15) is 43.2 Å². The van der Waals surface area contributed by atoms with Crippen molar-refractivity contribution in [2.24, 2.45) is 55.3 Å². The van der Waals surface area contributed by atoms with Gasteiger partial charge in [-0.3, -0.25) is 43.2 Å². The fraction of sp³-hybridized carbons (Fsp3) is 0.254. The minimum atomic E-state index is -0.603. The standard InChI is InChI=1S/C59H62N18O9/c1-33-26-77(45-25-44(78)39-13-10-11-14-40(39)59(33,45)2)49(80)17-16-38-21-34(27-71(38)4)62-54(82)42-23-36(29-73(42)6)64-57(85)51-67-46(31-75(51)8)66-48(79)15-12-18-61-53(81)41-22-35(28-72(41)5)63-55(83)43-24-37(30-74(43)7)65-58(86)52-68-47(32-76(52)9)69-56(84)50-60-19-20-70(50)3/h10-11,13-14,16-17,19-25,27-33H,12,15,18,26H2,1-9H3,(H,61,81)(H,62,82)(H,63,83)(H,64,85)(H,65,86)(H,66,79)(H,69,84)/t33-,59-/m1/s1. The molecule has 1 saturated heterocycles. The van der Waals surface area contributed by atoms with E-state index < -0.39 is 46.8 Å². The number of nitrogens with one attached hydrogen (secondary N) is 7. The topological polar surface area (TPSA) is 314 Å². The number of imidazole rings is 3. The van der Waals surface area contributed by atoms with Crippen molar-refractivity contribution in [3.05, 3.63) is 167 Å². The van der Waals surface area contributed by atoms with Crippen molar-refractivity contribution in [1.29, 1.82) is 0 Å². The second-order valence-electron chi connectivity index (χ2n) is 21.4. The third-order valence-electron chi connectivity index (χ3n) is 15.3. The summed E-state index contributed by atoms with van der Waals surface area (Å²) in [6, 6.07) is 13.7. The number of hydrogen-bond donors (Lipinski definition) is 7. The van der Waals surface area contributed by atoms with Crippen LogP contribution in [-0.4, -0.2) is 118 Å². The third-order valence-corrected chi connectivity index (χ3v) is 15.3. The fourth-order valence-electron chi connectivity index (χ4n) is 10.7. The van der Waals surface area contributed by atoms with Crippen LogP contribution in [0.2, 0.25) is 0 Å². The van der Waals surface area contributed by atoms with Crippen LogP contribution in [-0.2, 0) is 64.3 Å². The van der Waals surface area contributed by atoms with E-state index in [1.165, 1.54) is 61.1 Å². The first-order valence-corrected chi connectivity index (χ1v) is 27.2. The van der Waals surface area contributed by atoms with Crippen LogP contribution in [0.15, 0.2) is 116 Å². The second kappa shape index (κ2) is 23.3. The zero-order chi connectivity index (χ0) is 61.5. The molecule has 8 aromatic rings. The predicted molar refractivity (Wildman–Crippen MR) is 317 cm³/mol. The van der Waals surface area contributed by atoms with Gasteiger partial charge in [0, 0.05) is 153 Å². The molecular weight excluding hydrogens is 1100 g/mol. The van der Waals surface area contributed by atoms with Crippen molar-refractivity contribution in [2.45, 2.75) is 32.1 Å². The number of nitrogens with zero attached hydrogens (tertiary/aromatic N) is 11. The first kappa shape index (κ1) is 58.1. The Labute approximate surface area is 491 Å². The second-order valence-corrected chi connectivity index (χ2v) is 21.4. The zero-order valence-electron chi connectivity index (χ0n) is 48.5. The first-order valence-electron chi connectivity index (χ1n) is 27.2. The smallest absolute Gasteiger partial charge is 0.292 e. The largest absolute Gasteiger partial charge is 0.351 e. The molecule has 27 heteroatoms. The van der Waals surface area contributed by atoms with E-state index in [0.717, 1.165) is 5.56 Å². The van der Waals surface area contributed by atoms with Gasteiger partial charge in [-0.25, -0.2) is 15.0 Å². The van der Waals surface area contributed by atoms with E-state index in [0.29, 0.717) is 46.2 Å². The van der Waals surface area contributed by atoms with Gasteiger partial charge >= 0.3 is 0 Å². The highest BCUT2D eigenvalue weighted by Crippen LogP contribution is 2.50. The summed E-state index contributed by atoms with van der Waals surface area (Å²) >= 11 is 0. The summed E-state index contributed by atoms with van der Waals surface area (Å²) < 4.78 is 10.8. The van der Waals surface area contributed by atoms with Gasteiger partial charge in [0.1, 0.15) is 17.1 Å². The monoisotopic (exact) mass is 1170 g/mol. The average molecular weight is 1170 g/mol. The minimum Gasteiger partial charge on any atom is -0.351 e. The lowest BCUT2D eigenvalue weighted by Crippen LogP contribution is -2.35. The molecule has 0 bridgehead atoms. The number of hydrogen-bond acceptors (Lipinski definition) is 12. The van der Waals surface area contributed by atoms with Crippen LogP contribution in [0.4, 0.5) is 34.4 Å². The van der Waals surface area contributed by atoms with Crippen molar-refractivity contribution in [1.82, 2.24) is 57.1 Å². The number of carbonyl (C=O) groups is 9. The van der Waals surface area contributed by atoms with E-state index in [1.807, 2.05) is 24.3 Å². The number of rotatable bonds is 18. The molecule has 2 aliphatic rings. The van der Waals surface area contributed by atoms with Crippen LogP contribution >= 0.6 is 0 Å². The molecule has 2 atom stereocenters. The van der Waals surface area contributed by atoms with E-state index >= 15 is 0 Å². The van der Waals surface area contributed by atoms with E-state index in [4.69, 9.17) is 0 Å². The summed E-state index contributed by atoms with van der Waals surface area (Å²) in [4.78, 5) is 133. The van der Waals surface area contributed by atoms with Gasteiger partial charge in [0.15, 0.2) is 23.2 Å². The van der Waals surface area contributed by atoms with Crippen molar-refractivity contribution >= 4 is 93.5 Å². The number of aryl methyl sites for hydroxylation is 7. The molecule has 8 heterocycles. The van der Waals surface area contributed by atoms with Gasteiger partial charge in [-0.15, -0.1) is 0 Å². The number of allylic oxidation sites excluding steroid dienone is 2. The molecule has 86 heavy (non-hydrogen) atoms. The summed E-state index contributed by atoms with van der Waals surface area (Å²) in [6.07, 6.45) is 17.4. The van der Waals surface area contributed by atoms with Gasteiger partial charge in [0.2, 0.25) is 17.6 Å². The SMILES string of the molecule is C[C@@H]1CN(C(=O)C=Cc2cc(NC(=O)c3cc(NC(=O)c4nc(NC(=O)CCCNC(=O)c5cc(NC(=O)c6cc(NC(=O)c7nc(NC(=O)c8nccn8C)cn7C)cn6C)cn5C)cn4C)cn3C)cn2C)C2=CC(=O)c3ccccc3[C@]21C. The van der Waals surface area contributed by atoms with Gasteiger partial charge < -0.3 is 74.1 Å². The maximum atomic E-state index is 13.7. The summed E-state index contributed by atoms with van der Waals surface area (Å²) in [6.45, 7) is 4.74. The molecule has 0 radical (unpaired) electrons. The van der Waals surface area contributed by atoms with E-state index in [1.54, 1.807) is 117 Å². The average Bonchev–Trinajstić information content (AvgIpc) is 1.61. The molecular formula is C59H62N18O9. The lowest BCUT2D eigenvalue weighted by Gasteiger charge is -2.35. The number of ketones is 1. The third kappa shape index (κ3) is 11.6. The number of likely N-dealkylation sites (tertiary alicyclic amines) is 1. The van der Waals surface area contributed by atoms with Crippen molar-refractivity contribution < 1.29 is 43.2 Å². The number of aromatic nitrogens is 10. The molecule has 1 fully saturated rings. The molecule has 7 aromatic heterocycles. The Morgan fingerprint density at radius 1 is 0.593 bits per heavy atom. The molecule has 442 valence electrons. The molecule has 1 aromatic carbocycles. The fourth-order valence-corrected chi connectivity index (χ4v) is 10.7. The molecule has 7 N–H and O–H groups in total. The van der Waals surface area contributed by atoms with Crippen LogP contribution in [0.3, 0.4) is 0 Å². The molecule has 27 nitrogen and oxygen atoms in total. The summed E-state index contributed by atoms with van der Waals surface area (Å²) in [5.41, 5.74) is 4.47. The van der Waals surface area contributed by atoms with Gasteiger partial charge in [-0.05, 0) is 55.2 Å². The molecule has 8 amide bonds. The number of anilines is 6. The predicted octanol–water partition coefficient (Wildman–Crippen LogP) is 5.18. The number of amides is 8. The molecule has 0 spiro atoms. The normalized spacial score (nSPS) is 15.2. The van der Waals surface area contributed by atoms with Gasteiger partial charge in [0.25, 0.3) is 41.4 Å². The Morgan fingerprint density at radius 2 is 1.10 bits per heavy atom. The molecule has 0 unspecified atom stereocenters. The Morgan fingerprint density at radius 3 is 1.67 bits per heavy atom. The summed E-state index contributed by atoms with van der Waals surface area (Å²) in [7, 11) is 11.6. The number of carbonyl (C=O) groups excluding carboxylic acids is 9. The molecule has 10 rings (SSSR count). The lowest BCUT2D eigenvalue weighted by molar-refractivity contribution is -0.123. The van der Waals surface area contributed by atoms with Gasteiger partial charge in [0.05, 0.1) is 22.7 Å². The van der Waals surface area contributed by atoms with Gasteiger partial charge in [-0.2, -0.15) is 0 Å². The van der Waals surface area contributed by atoms with Crippen molar-refractivity contribution in [2.75, 3.05) is 45.0 Å². The molecule has 1 aliphatic heterocycles. The highest BCUT2D eigenvalue weighted by atomic mass is 16.2. The first-order chi connectivity index (χ1) is 40.9.